The third-order valence-electron chi connectivity index (χ3n) is 3.87. The second-order valence-corrected chi connectivity index (χ2v) is 9.47. The fraction of sp³-hybridized carbons (Fsp3) is 1.00. The predicted octanol–water partition coefficient (Wildman–Crippen LogP) is 4.78. The Hall–Kier alpha value is -0.0800. The molecule has 0 N–H and O–H groups in total. The lowest BCUT2D eigenvalue weighted by atomic mass is 9.93. The summed E-state index contributed by atoms with van der Waals surface area (Å²) in [5.41, 5.74) is 0.578. The van der Waals surface area contributed by atoms with E-state index in [1.807, 2.05) is 0 Å². The number of hydrogen-bond acceptors (Lipinski definition) is 2. The lowest BCUT2D eigenvalue weighted by Gasteiger charge is -2.51. The summed E-state index contributed by atoms with van der Waals surface area (Å²) < 4.78 is 0. The van der Waals surface area contributed by atoms with Gasteiger partial charge in [0.25, 0.3) is 0 Å². The summed E-state index contributed by atoms with van der Waals surface area (Å²) in [6, 6.07) is 1.10. The van der Waals surface area contributed by atoms with Crippen LogP contribution in [-0.2, 0) is 0 Å². The van der Waals surface area contributed by atoms with Gasteiger partial charge >= 0.3 is 0 Å². The molecule has 122 valence electrons. The van der Waals surface area contributed by atoms with Crippen LogP contribution in [0.3, 0.4) is 0 Å². The van der Waals surface area contributed by atoms with Crippen molar-refractivity contribution < 1.29 is 0 Å². The van der Waals surface area contributed by atoms with Crippen molar-refractivity contribution >= 4 is 0 Å². The molecule has 0 aromatic heterocycles. The highest BCUT2D eigenvalue weighted by Gasteiger charge is 2.36. The van der Waals surface area contributed by atoms with E-state index in [1.54, 1.807) is 0 Å². The second-order valence-electron chi connectivity index (χ2n) is 9.47. The van der Waals surface area contributed by atoms with Gasteiger partial charge < -0.3 is 0 Å². The van der Waals surface area contributed by atoms with Crippen LogP contribution in [0.15, 0.2) is 0 Å². The molecule has 0 aliphatic carbocycles. The first kappa shape index (κ1) is 19.9. The Labute approximate surface area is 128 Å². The Morgan fingerprint density at radius 1 is 0.650 bits per heavy atom. The molecule has 2 nitrogen and oxygen atoms in total. The van der Waals surface area contributed by atoms with Crippen LogP contribution in [0.4, 0.5) is 0 Å². The van der Waals surface area contributed by atoms with Crippen molar-refractivity contribution in [1.29, 1.82) is 0 Å². The van der Waals surface area contributed by atoms with Gasteiger partial charge in [0.15, 0.2) is 0 Å². The monoisotopic (exact) mass is 284 g/mol. The van der Waals surface area contributed by atoms with Gasteiger partial charge in [-0.3, -0.25) is 9.80 Å². The van der Waals surface area contributed by atoms with E-state index in [0.29, 0.717) is 12.1 Å². The van der Waals surface area contributed by atoms with Gasteiger partial charge in [-0.05, 0) is 83.1 Å². The second kappa shape index (κ2) is 6.36. The van der Waals surface area contributed by atoms with Crippen LogP contribution in [0.1, 0.15) is 83.1 Å². The zero-order chi connectivity index (χ0) is 16.5. The summed E-state index contributed by atoms with van der Waals surface area (Å²) in [5.74, 6) is 0. The van der Waals surface area contributed by atoms with E-state index in [4.69, 9.17) is 0 Å². The van der Waals surface area contributed by atoms with Crippen molar-refractivity contribution in [3.8, 4) is 0 Å². The lowest BCUT2D eigenvalue weighted by Crippen LogP contribution is -2.60. The van der Waals surface area contributed by atoms with Gasteiger partial charge in [0.2, 0.25) is 0 Å². The molecule has 0 amide bonds. The van der Waals surface area contributed by atoms with E-state index in [2.05, 4.69) is 92.9 Å². The van der Waals surface area contributed by atoms with Crippen LogP contribution < -0.4 is 0 Å². The smallest absolute Gasteiger partial charge is 0.0203 e. The molecule has 0 spiro atoms. The highest BCUT2D eigenvalue weighted by molar-refractivity contribution is 4.92. The fourth-order valence-electron chi connectivity index (χ4n) is 3.85. The lowest BCUT2D eigenvalue weighted by molar-refractivity contribution is -0.0199. The minimum atomic E-state index is 0.188. The van der Waals surface area contributed by atoms with Crippen LogP contribution >= 0.6 is 0 Å². The standard InChI is InChI=1S/C18H40N2/c1-14(2)20(18(10,11)12)15(3)13-19(16(4,5)6)17(7,8)9/h14-15H,13H2,1-12H3. The van der Waals surface area contributed by atoms with E-state index < -0.39 is 0 Å². The molecule has 0 aromatic carbocycles. The Morgan fingerprint density at radius 2 is 1.00 bits per heavy atom. The Kier molecular flexibility index (Phi) is 6.33. The zero-order valence-corrected chi connectivity index (χ0v) is 16.3. The molecule has 0 aliphatic heterocycles. The maximum Gasteiger partial charge on any atom is 0.0203 e. The van der Waals surface area contributed by atoms with Gasteiger partial charge in [-0.1, -0.05) is 0 Å². The highest BCUT2D eigenvalue weighted by atomic mass is 15.3. The first-order chi connectivity index (χ1) is 8.58. The van der Waals surface area contributed by atoms with Crippen LogP contribution in [-0.4, -0.2) is 45.0 Å². The molecule has 0 rings (SSSR count). The zero-order valence-electron chi connectivity index (χ0n) is 16.3. The Bertz CT molecular complexity index is 272. The van der Waals surface area contributed by atoms with Crippen molar-refractivity contribution in [1.82, 2.24) is 9.80 Å². The number of hydrogen-bond donors (Lipinski definition) is 0. The van der Waals surface area contributed by atoms with Crippen molar-refractivity contribution in [2.45, 2.75) is 112 Å². The van der Waals surface area contributed by atoms with Crippen molar-refractivity contribution in [2.75, 3.05) is 6.54 Å². The summed E-state index contributed by atoms with van der Waals surface area (Å²) in [6.07, 6.45) is 0. The molecule has 0 aliphatic rings. The largest absolute Gasteiger partial charge is 0.292 e. The summed E-state index contributed by atoms with van der Waals surface area (Å²) in [4.78, 5) is 5.27. The SMILES string of the molecule is CC(C)N(C(C)CN(C(C)(C)C)C(C)(C)C)C(C)(C)C. The summed E-state index contributed by atoms with van der Waals surface area (Å²) in [7, 11) is 0. The number of nitrogens with zero attached hydrogens (tertiary/aromatic N) is 2. The number of rotatable bonds is 4. The van der Waals surface area contributed by atoms with Gasteiger partial charge in [-0.2, -0.15) is 0 Å². The first-order valence-electron chi connectivity index (χ1n) is 8.14. The molecule has 1 unspecified atom stereocenters. The minimum Gasteiger partial charge on any atom is -0.292 e. The summed E-state index contributed by atoms with van der Waals surface area (Å²) in [5, 5.41) is 0. The van der Waals surface area contributed by atoms with Crippen LogP contribution in [0.2, 0.25) is 0 Å². The molecule has 0 bridgehead atoms. The molecule has 0 fully saturated rings. The molecule has 0 heterocycles. The van der Waals surface area contributed by atoms with Gasteiger partial charge in [0.1, 0.15) is 0 Å². The normalized spacial score (nSPS) is 16.4. The topological polar surface area (TPSA) is 6.48 Å². The molecule has 0 saturated carbocycles. The van der Waals surface area contributed by atoms with Gasteiger partial charge in [-0.15, -0.1) is 0 Å². The maximum absolute atomic E-state index is 2.64. The van der Waals surface area contributed by atoms with Crippen LogP contribution in [0.5, 0.6) is 0 Å². The summed E-state index contributed by atoms with van der Waals surface area (Å²) >= 11 is 0. The van der Waals surface area contributed by atoms with Gasteiger partial charge in [0, 0.05) is 35.2 Å². The Balaban J connectivity index is 5.24. The van der Waals surface area contributed by atoms with Crippen molar-refractivity contribution in [3.05, 3.63) is 0 Å². The molecule has 0 saturated heterocycles. The molecular formula is C18H40N2. The molecular weight excluding hydrogens is 244 g/mol. The first-order valence-corrected chi connectivity index (χ1v) is 8.14. The molecule has 20 heavy (non-hydrogen) atoms. The maximum atomic E-state index is 2.64. The molecule has 1 atom stereocenters. The van der Waals surface area contributed by atoms with E-state index in [0.717, 1.165) is 6.54 Å². The third-order valence-corrected chi connectivity index (χ3v) is 3.87. The van der Waals surface area contributed by atoms with Crippen molar-refractivity contribution in [3.63, 3.8) is 0 Å². The summed E-state index contributed by atoms with van der Waals surface area (Å²) in [6.45, 7) is 29.0. The minimum absolute atomic E-state index is 0.188. The molecule has 2 heteroatoms. The molecule has 0 aromatic rings. The molecule has 0 radical (unpaired) electrons. The third kappa shape index (κ3) is 5.73. The van der Waals surface area contributed by atoms with E-state index in [9.17, 15) is 0 Å². The average molecular weight is 285 g/mol. The fourth-order valence-corrected chi connectivity index (χ4v) is 3.85. The predicted molar refractivity (Wildman–Crippen MR) is 92.4 cm³/mol. The van der Waals surface area contributed by atoms with Crippen LogP contribution in [0.25, 0.3) is 0 Å². The van der Waals surface area contributed by atoms with E-state index in [1.165, 1.54) is 0 Å². The van der Waals surface area contributed by atoms with E-state index >= 15 is 0 Å². The average Bonchev–Trinajstić information content (AvgIpc) is 2.06. The van der Waals surface area contributed by atoms with E-state index in [-0.39, 0.29) is 16.6 Å². The van der Waals surface area contributed by atoms with Crippen molar-refractivity contribution in [2.24, 2.45) is 0 Å². The quantitative estimate of drug-likeness (QED) is 0.733. The van der Waals surface area contributed by atoms with Crippen LogP contribution in [0, 0.1) is 0 Å². The van der Waals surface area contributed by atoms with Gasteiger partial charge in [-0.25, -0.2) is 0 Å². The Morgan fingerprint density at radius 3 is 1.20 bits per heavy atom. The van der Waals surface area contributed by atoms with Gasteiger partial charge in [0.05, 0.1) is 0 Å². The highest BCUT2D eigenvalue weighted by Crippen LogP contribution is 2.28.